The van der Waals surface area contributed by atoms with Crippen LogP contribution in [0.15, 0.2) is 4.99 Å². The Bertz CT molecular complexity index is 92.4. The summed E-state index contributed by atoms with van der Waals surface area (Å²) in [6.07, 6.45) is 2.03. The number of ether oxygens (including phenoxy) is 1. The van der Waals surface area contributed by atoms with Gasteiger partial charge in [-0.2, -0.15) is 0 Å². The van der Waals surface area contributed by atoms with Crippen LogP contribution in [-0.2, 0) is 21.5 Å². The smallest absolute Gasteiger partial charge is 0.0547 e. The SMILES string of the molecule is COC1=N[CH-]CC1.[Co]. The Hall–Kier alpha value is -0.154. The predicted molar refractivity (Wildman–Crippen MR) is 28.0 cm³/mol. The van der Waals surface area contributed by atoms with Crippen LogP contribution in [0, 0.1) is 6.54 Å². The van der Waals surface area contributed by atoms with Gasteiger partial charge in [0.15, 0.2) is 0 Å². The van der Waals surface area contributed by atoms with Crippen molar-refractivity contribution in [2.24, 2.45) is 4.99 Å². The maximum absolute atomic E-state index is 4.83. The molecule has 3 heteroatoms. The molecule has 0 saturated carbocycles. The van der Waals surface area contributed by atoms with Gasteiger partial charge in [-0.15, -0.1) is 6.54 Å². The van der Waals surface area contributed by atoms with Crippen LogP contribution in [0.1, 0.15) is 12.8 Å². The minimum atomic E-state index is 0. The molecule has 0 amide bonds. The number of hydrogen-bond donors (Lipinski definition) is 0. The van der Waals surface area contributed by atoms with Crippen LogP contribution in [0.4, 0.5) is 0 Å². The average molecular weight is 157 g/mol. The zero-order valence-electron chi connectivity index (χ0n) is 4.68. The molecule has 0 spiro atoms. The molecule has 0 aliphatic carbocycles. The normalized spacial score (nSPS) is 15.9. The Morgan fingerprint density at radius 1 is 1.75 bits per heavy atom. The van der Waals surface area contributed by atoms with Gasteiger partial charge in [-0.05, 0) is 0 Å². The summed E-state index contributed by atoms with van der Waals surface area (Å²) in [5, 5.41) is 0. The Balaban J connectivity index is 0.000000490. The summed E-state index contributed by atoms with van der Waals surface area (Å²) in [4.78, 5) is 3.92. The van der Waals surface area contributed by atoms with E-state index in [4.69, 9.17) is 4.74 Å². The van der Waals surface area contributed by atoms with Gasteiger partial charge in [0.2, 0.25) is 0 Å². The van der Waals surface area contributed by atoms with E-state index in [0.717, 1.165) is 18.7 Å². The minimum Gasteiger partial charge on any atom is -0.568 e. The summed E-state index contributed by atoms with van der Waals surface area (Å²) < 4.78 is 4.83. The van der Waals surface area contributed by atoms with Gasteiger partial charge >= 0.3 is 0 Å². The number of aliphatic imine (C=N–C) groups is 1. The fourth-order valence-electron chi connectivity index (χ4n) is 0.574. The van der Waals surface area contributed by atoms with Gasteiger partial charge in [0.25, 0.3) is 0 Å². The Morgan fingerprint density at radius 3 is 2.75 bits per heavy atom. The van der Waals surface area contributed by atoms with E-state index >= 15 is 0 Å². The van der Waals surface area contributed by atoms with Gasteiger partial charge in [0.05, 0.1) is 7.11 Å². The third-order valence-corrected chi connectivity index (χ3v) is 0.958. The van der Waals surface area contributed by atoms with Gasteiger partial charge in [-0.1, -0.05) is 12.8 Å². The van der Waals surface area contributed by atoms with Crippen LogP contribution in [0.3, 0.4) is 0 Å². The van der Waals surface area contributed by atoms with Crippen LogP contribution in [-0.4, -0.2) is 13.0 Å². The van der Waals surface area contributed by atoms with Crippen molar-refractivity contribution < 1.29 is 21.5 Å². The van der Waals surface area contributed by atoms with Crippen LogP contribution < -0.4 is 0 Å². The topological polar surface area (TPSA) is 21.6 Å². The van der Waals surface area contributed by atoms with E-state index in [2.05, 4.69) is 4.99 Å². The van der Waals surface area contributed by atoms with Crippen molar-refractivity contribution in [1.29, 1.82) is 0 Å². The predicted octanol–water partition coefficient (Wildman–Crippen LogP) is 0.984. The molecule has 0 aromatic rings. The number of methoxy groups -OCH3 is 1. The molecule has 2 nitrogen and oxygen atoms in total. The van der Waals surface area contributed by atoms with Gasteiger partial charge in [-0.25, -0.2) is 0 Å². The second kappa shape index (κ2) is 3.80. The van der Waals surface area contributed by atoms with E-state index < -0.39 is 0 Å². The van der Waals surface area contributed by atoms with Crippen LogP contribution in [0.25, 0.3) is 0 Å². The summed E-state index contributed by atoms with van der Waals surface area (Å²) in [6.45, 7) is 1.87. The first-order chi connectivity index (χ1) is 3.43. The molecule has 1 heterocycles. The van der Waals surface area contributed by atoms with E-state index in [1.54, 1.807) is 7.11 Å². The Morgan fingerprint density at radius 2 is 2.50 bits per heavy atom. The van der Waals surface area contributed by atoms with Crippen molar-refractivity contribution >= 4 is 5.90 Å². The van der Waals surface area contributed by atoms with Gasteiger partial charge < -0.3 is 9.73 Å². The minimum absolute atomic E-state index is 0. The third kappa shape index (κ3) is 1.75. The summed E-state index contributed by atoms with van der Waals surface area (Å²) in [6, 6.07) is 0. The fraction of sp³-hybridized carbons (Fsp3) is 0.600. The molecule has 0 saturated heterocycles. The van der Waals surface area contributed by atoms with E-state index in [-0.39, 0.29) is 16.8 Å². The number of hydrogen-bond acceptors (Lipinski definition) is 2. The average Bonchev–Trinajstić information content (AvgIpc) is 2.14. The summed E-state index contributed by atoms with van der Waals surface area (Å²) in [5.41, 5.74) is 0. The van der Waals surface area contributed by atoms with E-state index in [1.807, 2.05) is 6.54 Å². The molecular weight excluding hydrogens is 149 g/mol. The maximum Gasteiger partial charge on any atom is 0.0547 e. The Labute approximate surface area is 59.5 Å². The summed E-state index contributed by atoms with van der Waals surface area (Å²) in [7, 11) is 1.65. The molecule has 0 aromatic carbocycles. The molecule has 1 rings (SSSR count). The maximum atomic E-state index is 4.83. The van der Waals surface area contributed by atoms with E-state index in [1.165, 1.54) is 0 Å². The van der Waals surface area contributed by atoms with Crippen LogP contribution in [0.5, 0.6) is 0 Å². The molecule has 1 radical (unpaired) electrons. The molecule has 49 valence electrons. The molecule has 8 heavy (non-hydrogen) atoms. The number of nitrogens with zero attached hydrogens (tertiary/aromatic N) is 1. The fourth-order valence-corrected chi connectivity index (χ4v) is 0.574. The monoisotopic (exact) mass is 157 g/mol. The third-order valence-electron chi connectivity index (χ3n) is 0.958. The summed E-state index contributed by atoms with van der Waals surface area (Å²) in [5.74, 6) is 0.861. The van der Waals surface area contributed by atoms with Crippen molar-refractivity contribution in [2.75, 3.05) is 7.11 Å². The van der Waals surface area contributed by atoms with Crippen LogP contribution in [0.2, 0.25) is 0 Å². The Kier molecular flexibility index (Phi) is 3.73. The van der Waals surface area contributed by atoms with Crippen molar-refractivity contribution in [3.63, 3.8) is 0 Å². The molecule has 0 aromatic heterocycles. The molecule has 0 bridgehead atoms. The first kappa shape index (κ1) is 7.85. The van der Waals surface area contributed by atoms with Crippen LogP contribution >= 0.6 is 0 Å². The second-order valence-corrected chi connectivity index (χ2v) is 1.45. The first-order valence-corrected chi connectivity index (χ1v) is 2.36. The second-order valence-electron chi connectivity index (χ2n) is 1.45. The van der Waals surface area contributed by atoms with Crippen molar-refractivity contribution in [3.8, 4) is 0 Å². The zero-order valence-corrected chi connectivity index (χ0v) is 5.72. The molecule has 0 unspecified atom stereocenters. The van der Waals surface area contributed by atoms with Gasteiger partial charge in [-0.3, -0.25) is 0 Å². The van der Waals surface area contributed by atoms with Crippen molar-refractivity contribution in [1.82, 2.24) is 0 Å². The molecular formula is C5H8CoNO-. The first-order valence-electron chi connectivity index (χ1n) is 2.36. The molecule has 1 aliphatic heterocycles. The quantitative estimate of drug-likeness (QED) is 0.480. The molecule has 0 N–H and O–H groups in total. The molecule has 1 aliphatic rings. The largest absolute Gasteiger partial charge is 0.568 e. The van der Waals surface area contributed by atoms with Crippen molar-refractivity contribution in [3.05, 3.63) is 6.54 Å². The van der Waals surface area contributed by atoms with Gasteiger partial charge in [0.1, 0.15) is 0 Å². The molecule has 0 fully saturated rings. The standard InChI is InChI=1S/C5H8NO.Co/c1-7-5-3-2-4-6-5;/h4H,2-3H2,1H3;/q-1;. The zero-order chi connectivity index (χ0) is 5.11. The van der Waals surface area contributed by atoms with E-state index in [0.29, 0.717) is 0 Å². The van der Waals surface area contributed by atoms with Gasteiger partial charge in [0, 0.05) is 22.7 Å². The number of rotatable bonds is 0. The van der Waals surface area contributed by atoms with Crippen molar-refractivity contribution in [2.45, 2.75) is 12.8 Å². The van der Waals surface area contributed by atoms with E-state index in [9.17, 15) is 0 Å². The summed E-state index contributed by atoms with van der Waals surface area (Å²) >= 11 is 0. The molecule has 0 atom stereocenters.